The maximum absolute atomic E-state index is 12.0. The monoisotopic (exact) mass is 356 g/mol. The van der Waals surface area contributed by atoms with E-state index in [1.807, 2.05) is 42.5 Å². The van der Waals surface area contributed by atoms with Crippen LogP contribution in [0.3, 0.4) is 0 Å². The molecule has 1 aliphatic heterocycles. The summed E-state index contributed by atoms with van der Waals surface area (Å²) >= 11 is 3.36. The Balaban J connectivity index is 1.91. The number of rotatable bonds is 3. The highest BCUT2D eigenvalue weighted by Gasteiger charge is 2.29. The maximum Gasteiger partial charge on any atom is 0.276 e. The van der Waals surface area contributed by atoms with Crippen LogP contribution in [0.5, 0.6) is 0 Å². The largest absolute Gasteiger partial charge is 0.289 e. The first-order valence-electron chi connectivity index (χ1n) is 6.86. The normalized spacial score (nSPS) is 17.9. The van der Waals surface area contributed by atoms with Crippen molar-refractivity contribution >= 4 is 33.5 Å². The number of hydrogen-bond donors (Lipinski definition) is 1. The predicted octanol–water partition coefficient (Wildman–Crippen LogP) is 2.51. The summed E-state index contributed by atoms with van der Waals surface area (Å²) in [6.07, 6.45) is 0.472. The molecular weight excluding hydrogens is 344 g/mol. The fourth-order valence-electron chi connectivity index (χ4n) is 2.32. The summed E-state index contributed by atoms with van der Waals surface area (Å²) in [7, 11) is 0. The number of amides is 2. The van der Waals surface area contributed by atoms with Crippen LogP contribution in [0.15, 0.2) is 64.1 Å². The van der Waals surface area contributed by atoms with Crippen LogP contribution >= 0.6 is 15.9 Å². The molecule has 0 spiro atoms. The van der Waals surface area contributed by atoms with E-state index in [-0.39, 0.29) is 5.91 Å². The molecule has 2 amide bonds. The number of carbonyl (C=O) groups is 2. The number of nitrogens with one attached hydrogen (secondary N) is 1. The minimum Gasteiger partial charge on any atom is -0.289 e. The van der Waals surface area contributed by atoms with Crippen molar-refractivity contribution in [3.63, 3.8) is 0 Å². The second kappa shape index (κ2) is 6.23. The number of benzene rings is 2. The Morgan fingerprint density at radius 3 is 2.36 bits per heavy atom. The molecule has 1 aliphatic rings. The average Bonchev–Trinajstić information content (AvgIpc) is 2.52. The van der Waals surface area contributed by atoms with Crippen LogP contribution in [0.4, 0.5) is 0 Å². The standard InChI is InChI=1S/C17H13BrN2O2/c18-13-8-6-12(7-9-13)15-17(22)20-16(21)14(19-15)10-11-4-2-1-3-5-11/h1-9,14H,10H2,(H,20,21,22). The highest BCUT2D eigenvalue weighted by atomic mass is 79.9. The molecule has 2 aromatic carbocycles. The molecule has 3 rings (SSSR count). The summed E-state index contributed by atoms with van der Waals surface area (Å²) in [4.78, 5) is 28.4. The van der Waals surface area contributed by atoms with Gasteiger partial charge in [-0.1, -0.05) is 58.4 Å². The van der Waals surface area contributed by atoms with Crippen molar-refractivity contribution in [1.29, 1.82) is 0 Å². The zero-order chi connectivity index (χ0) is 15.5. The molecule has 5 heteroatoms. The molecule has 22 heavy (non-hydrogen) atoms. The molecule has 0 saturated carbocycles. The van der Waals surface area contributed by atoms with Crippen LogP contribution in [0.1, 0.15) is 11.1 Å². The van der Waals surface area contributed by atoms with Gasteiger partial charge in [-0.2, -0.15) is 0 Å². The summed E-state index contributed by atoms with van der Waals surface area (Å²) in [5.74, 6) is -0.800. The number of hydrogen-bond acceptors (Lipinski definition) is 3. The Kier molecular flexibility index (Phi) is 4.15. The van der Waals surface area contributed by atoms with Crippen LogP contribution in [0.25, 0.3) is 0 Å². The van der Waals surface area contributed by atoms with Crippen molar-refractivity contribution in [1.82, 2.24) is 5.32 Å². The molecule has 110 valence electrons. The fraction of sp³-hybridized carbons (Fsp3) is 0.118. The van der Waals surface area contributed by atoms with Crippen LogP contribution in [0, 0.1) is 0 Å². The summed E-state index contributed by atoms with van der Waals surface area (Å²) in [5, 5.41) is 2.39. The van der Waals surface area contributed by atoms with Gasteiger partial charge in [-0.15, -0.1) is 0 Å². The number of halogens is 1. The van der Waals surface area contributed by atoms with E-state index in [1.165, 1.54) is 0 Å². The lowest BCUT2D eigenvalue weighted by Crippen LogP contribution is -2.47. The van der Waals surface area contributed by atoms with Crippen molar-refractivity contribution in [2.45, 2.75) is 12.5 Å². The third-order valence-corrected chi connectivity index (χ3v) is 3.96. The average molecular weight is 357 g/mol. The van der Waals surface area contributed by atoms with Crippen LogP contribution in [-0.2, 0) is 16.0 Å². The lowest BCUT2D eigenvalue weighted by Gasteiger charge is -2.20. The van der Waals surface area contributed by atoms with Gasteiger partial charge in [0.05, 0.1) is 0 Å². The highest BCUT2D eigenvalue weighted by Crippen LogP contribution is 2.15. The van der Waals surface area contributed by atoms with E-state index in [9.17, 15) is 9.59 Å². The van der Waals surface area contributed by atoms with E-state index in [1.54, 1.807) is 12.1 Å². The Morgan fingerprint density at radius 2 is 1.68 bits per heavy atom. The van der Waals surface area contributed by atoms with Gasteiger partial charge in [-0.05, 0) is 17.7 Å². The van der Waals surface area contributed by atoms with Crippen LogP contribution in [0.2, 0.25) is 0 Å². The van der Waals surface area contributed by atoms with E-state index >= 15 is 0 Å². The van der Waals surface area contributed by atoms with Gasteiger partial charge in [0.25, 0.3) is 11.8 Å². The van der Waals surface area contributed by atoms with Gasteiger partial charge in [0.15, 0.2) is 0 Å². The first kappa shape index (κ1) is 14.7. The molecule has 0 radical (unpaired) electrons. The summed E-state index contributed by atoms with van der Waals surface area (Å²) in [6, 6.07) is 16.3. The van der Waals surface area contributed by atoms with Gasteiger partial charge < -0.3 is 0 Å². The van der Waals surface area contributed by atoms with Gasteiger partial charge >= 0.3 is 0 Å². The summed E-state index contributed by atoms with van der Waals surface area (Å²) in [5.41, 5.74) is 2.01. The maximum atomic E-state index is 12.0. The first-order chi connectivity index (χ1) is 10.6. The van der Waals surface area contributed by atoms with E-state index in [0.29, 0.717) is 17.7 Å². The van der Waals surface area contributed by atoms with Crippen LogP contribution < -0.4 is 5.32 Å². The number of imide groups is 1. The Morgan fingerprint density at radius 1 is 1.00 bits per heavy atom. The fourth-order valence-corrected chi connectivity index (χ4v) is 2.58. The van der Waals surface area contributed by atoms with Gasteiger partial charge in [0.2, 0.25) is 0 Å². The van der Waals surface area contributed by atoms with Gasteiger partial charge in [-0.25, -0.2) is 0 Å². The van der Waals surface area contributed by atoms with E-state index in [0.717, 1.165) is 10.0 Å². The van der Waals surface area contributed by atoms with E-state index in [2.05, 4.69) is 26.2 Å². The Hall–Kier alpha value is -2.27. The molecule has 0 saturated heterocycles. The number of nitrogens with zero attached hydrogens (tertiary/aromatic N) is 1. The Labute approximate surface area is 136 Å². The van der Waals surface area contributed by atoms with Gasteiger partial charge in [-0.3, -0.25) is 19.9 Å². The lowest BCUT2D eigenvalue weighted by molar-refractivity contribution is -0.128. The van der Waals surface area contributed by atoms with Crippen molar-refractivity contribution in [2.24, 2.45) is 4.99 Å². The zero-order valence-corrected chi connectivity index (χ0v) is 13.2. The molecule has 2 aromatic rings. The molecule has 0 bridgehead atoms. The third kappa shape index (κ3) is 3.14. The molecule has 0 aliphatic carbocycles. The number of aliphatic imine (C=N–C) groups is 1. The quantitative estimate of drug-likeness (QED) is 0.859. The van der Waals surface area contributed by atoms with E-state index in [4.69, 9.17) is 0 Å². The molecule has 1 N–H and O–H groups in total. The van der Waals surface area contributed by atoms with Crippen molar-refractivity contribution in [3.05, 3.63) is 70.2 Å². The molecule has 0 aromatic heterocycles. The molecule has 1 atom stereocenters. The molecular formula is C17H13BrN2O2. The van der Waals surface area contributed by atoms with E-state index < -0.39 is 11.9 Å². The minimum atomic E-state index is -0.584. The van der Waals surface area contributed by atoms with Gasteiger partial charge in [0, 0.05) is 16.5 Å². The first-order valence-corrected chi connectivity index (χ1v) is 7.65. The second-order valence-corrected chi connectivity index (χ2v) is 5.92. The molecule has 0 fully saturated rings. The topological polar surface area (TPSA) is 58.5 Å². The highest BCUT2D eigenvalue weighted by molar-refractivity contribution is 9.10. The van der Waals surface area contributed by atoms with Crippen molar-refractivity contribution in [3.8, 4) is 0 Å². The summed E-state index contributed by atoms with van der Waals surface area (Å²) < 4.78 is 0.921. The predicted molar refractivity (Wildman–Crippen MR) is 87.8 cm³/mol. The minimum absolute atomic E-state index is 0.299. The van der Waals surface area contributed by atoms with Crippen LogP contribution in [-0.4, -0.2) is 23.6 Å². The second-order valence-electron chi connectivity index (χ2n) is 5.01. The Bertz CT molecular complexity index is 739. The molecule has 1 heterocycles. The zero-order valence-electron chi connectivity index (χ0n) is 11.6. The summed E-state index contributed by atoms with van der Waals surface area (Å²) in [6.45, 7) is 0. The SMILES string of the molecule is O=C1NC(=O)C(Cc2ccccc2)N=C1c1ccc(Br)cc1. The lowest BCUT2D eigenvalue weighted by atomic mass is 10.0. The number of carbonyl (C=O) groups excluding carboxylic acids is 2. The van der Waals surface area contributed by atoms with Gasteiger partial charge in [0.1, 0.15) is 11.8 Å². The molecule has 1 unspecified atom stereocenters. The smallest absolute Gasteiger partial charge is 0.276 e. The third-order valence-electron chi connectivity index (χ3n) is 3.43. The van der Waals surface area contributed by atoms with Crippen molar-refractivity contribution < 1.29 is 9.59 Å². The molecule has 4 nitrogen and oxygen atoms in total. The van der Waals surface area contributed by atoms with Crippen molar-refractivity contribution in [2.75, 3.05) is 0 Å².